The van der Waals surface area contributed by atoms with Crippen LogP contribution < -0.4 is 11.3 Å². The van der Waals surface area contributed by atoms with Crippen LogP contribution in [0.25, 0.3) is 11.2 Å². The second-order valence-corrected chi connectivity index (χ2v) is 11.4. The Hall–Kier alpha value is -1.94. The lowest BCUT2D eigenvalue weighted by Crippen LogP contribution is -2.58. The zero-order chi connectivity index (χ0) is 28.9. The molecule has 4 rings (SSSR count). The van der Waals surface area contributed by atoms with E-state index in [1.54, 1.807) is 0 Å². The number of fused-ring (bicyclic) bond motifs is 1. The van der Waals surface area contributed by atoms with E-state index in [9.17, 15) is 53.6 Å². The fraction of sp³-hybridized carbons (Fsp3) is 0.688. The highest BCUT2D eigenvalue weighted by atomic mass is 31.3. The SMILES string of the molecule is Nc1nc2c(ncn2[C@@H]2O[C@H](COP(=O)(O)OP(=O)(O)O[C@H]3O[C@@H](CF)[C@@H](O)[C@@H](O)[C@@H]3O)[C@@H](O)[C@H]2O)c(=O)[nH]1. The van der Waals surface area contributed by atoms with Gasteiger partial charge in [-0.2, -0.15) is 9.29 Å². The van der Waals surface area contributed by atoms with Crippen LogP contribution in [-0.2, 0) is 32.0 Å². The predicted molar refractivity (Wildman–Crippen MR) is 119 cm³/mol. The van der Waals surface area contributed by atoms with Crippen LogP contribution in [0.3, 0.4) is 0 Å². The lowest BCUT2D eigenvalue weighted by molar-refractivity contribution is -0.277. The zero-order valence-electron chi connectivity index (χ0n) is 19.3. The van der Waals surface area contributed by atoms with Crippen LogP contribution in [0.1, 0.15) is 6.23 Å². The maximum absolute atomic E-state index is 13.0. The summed E-state index contributed by atoms with van der Waals surface area (Å²) in [5, 5.41) is 49.9. The number of H-pyrrole nitrogens is 1. The van der Waals surface area contributed by atoms with Crippen molar-refractivity contribution in [2.24, 2.45) is 0 Å². The molecule has 11 atom stereocenters. The Balaban J connectivity index is 1.39. The highest BCUT2D eigenvalue weighted by Gasteiger charge is 2.49. The minimum absolute atomic E-state index is 0.122. The third-order valence-electron chi connectivity index (χ3n) is 5.73. The number of aliphatic hydroxyl groups is 5. The number of aromatic nitrogens is 4. The molecule has 2 aromatic rings. The van der Waals surface area contributed by atoms with Crippen molar-refractivity contribution in [1.82, 2.24) is 19.5 Å². The number of nitrogen functional groups attached to an aromatic ring is 1. The second kappa shape index (κ2) is 11.1. The lowest BCUT2D eigenvalue weighted by atomic mass is 10.00. The molecule has 2 aliphatic heterocycles. The van der Waals surface area contributed by atoms with E-state index < -0.39 is 89.7 Å². The summed E-state index contributed by atoms with van der Waals surface area (Å²) in [7, 11) is -11.1. The molecule has 2 saturated heterocycles. The van der Waals surface area contributed by atoms with Gasteiger partial charge in [-0.3, -0.25) is 23.4 Å². The van der Waals surface area contributed by atoms with Crippen LogP contribution in [0.2, 0.25) is 0 Å². The van der Waals surface area contributed by atoms with Gasteiger partial charge in [0, 0.05) is 0 Å². The van der Waals surface area contributed by atoms with E-state index >= 15 is 0 Å². The number of anilines is 1. The Morgan fingerprint density at radius 3 is 2.36 bits per heavy atom. The monoisotopic (exact) mass is 607 g/mol. The topological polar surface area (TPSA) is 311 Å². The fourth-order valence-electron chi connectivity index (χ4n) is 3.83. The van der Waals surface area contributed by atoms with Crippen LogP contribution in [0, 0.1) is 0 Å². The average molecular weight is 607 g/mol. The number of nitrogens with zero attached hydrogens (tertiary/aromatic N) is 3. The Labute approximate surface area is 215 Å². The summed E-state index contributed by atoms with van der Waals surface area (Å²) in [5.74, 6) is -0.284. The van der Waals surface area contributed by atoms with Gasteiger partial charge in [-0.05, 0) is 0 Å². The quantitative estimate of drug-likeness (QED) is 0.124. The van der Waals surface area contributed by atoms with Gasteiger partial charge >= 0.3 is 15.6 Å². The number of nitrogens with two attached hydrogens (primary N) is 1. The number of alkyl halides is 1. The van der Waals surface area contributed by atoms with Crippen molar-refractivity contribution in [3.8, 4) is 0 Å². The van der Waals surface area contributed by atoms with Crippen molar-refractivity contribution in [2.45, 2.75) is 55.2 Å². The molecule has 39 heavy (non-hydrogen) atoms. The zero-order valence-corrected chi connectivity index (χ0v) is 21.1. The first-order valence-corrected chi connectivity index (χ1v) is 13.8. The Kier molecular flexibility index (Phi) is 8.58. The van der Waals surface area contributed by atoms with Crippen molar-refractivity contribution < 1.29 is 71.7 Å². The maximum Gasteiger partial charge on any atom is 0.483 e. The summed E-state index contributed by atoms with van der Waals surface area (Å²) in [6.45, 7) is -2.41. The highest BCUT2D eigenvalue weighted by Crippen LogP contribution is 2.61. The maximum atomic E-state index is 13.0. The number of phosphoric acid groups is 2. The van der Waals surface area contributed by atoms with Gasteiger partial charge < -0.3 is 50.5 Å². The van der Waals surface area contributed by atoms with Gasteiger partial charge in [0.15, 0.2) is 23.7 Å². The minimum atomic E-state index is -5.64. The third-order valence-corrected chi connectivity index (χ3v) is 8.33. The number of hydrogen-bond acceptors (Lipinski definition) is 16. The molecule has 0 aromatic carbocycles. The van der Waals surface area contributed by atoms with Crippen molar-refractivity contribution in [2.75, 3.05) is 19.0 Å². The Morgan fingerprint density at radius 2 is 1.69 bits per heavy atom. The Bertz CT molecular complexity index is 1340. The summed E-state index contributed by atoms with van der Waals surface area (Å²) in [5.41, 5.74) is 4.52. The second-order valence-electron chi connectivity index (χ2n) is 8.41. The molecular formula is C16H24FN5O15P2. The lowest BCUT2D eigenvalue weighted by Gasteiger charge is -2.39. The number of rotatable bonds is 9. The van der Waals surface area contributed by atoms with Crippen LogP contribution >= 0.6 is 15.6 Å². The largest absolute Gasteiger partial charge is 0.483 e. The van der Waals surface area contributed by atoms with Crippen LogP contribution in [0.4, 0.5) is 10.3 Å². The number of imidazole rings is 1. The molecule has 0 radical (unpaired) electrons. The number of ether oxygens (including phenoxy) is 2. The van der Waals surface area contributed by atoms with Crippen molar-refractivity contribution in [1.29, 1.82) is 0 Å². The normalized spacial score (nSPS) is 36.6. The van der Waals surface area contributed by atoms with E-state index in [-0.39, 0.29) is 17.1 Å². The number of phosphoric ester groups is 2. The highest BCUT2D eigenvalue weighted by molar-refractivity contribution is 7.61. The van der Waals surface area contributed by atoms with E-state index in [4.69, 9.17) is 15.2 Å². The molecule has 2 aliphatic rings. The Morgan fingerprint density at radius 1 is 1.03 bits per heavy atom. The molecule has 2 unspecified atom stereocenters. The van der Waals surface area contributed by atoms with Crippen LogP contribution in [-0.4, -0.2) is 117 Å². The van der Waals surface area contributed by atoms with Gasteiger partial charge in [0.05, 0.1) is 12.9 Å². The molecular weight excluding hydrogens is 583 g/mol. The summed E-state index contributed by atoms with van der Waals surface area (Å²) in [4.78, 5) is 41.6. The molecule has 2 fully saturated rings. The fourth-order valence-corrected chi connectivity index (χ4v) is 5.99. The molecule has 0 spiro atoms. The van der Waals surface area contributed by atoms with Crippen LogP contribution in [0.5, 0.6) is 0 Å². The molecule has 220 valence electrons. The summed E-state index contributed by atoms with van der Waals surface area (Å²) >= 11 is 0. The van der Waals surface area contributed by atoms with E-state index in [0.717, 1.165) is 10.9 Å². The summed E-state index contributed by atoms with van der Waals surface area (Å²) in [6, 6.07) is 0. The molecule has 4 heterocycles. The van der Waals surface area contributed by atoms with Gasteiger partial charge in [0.2, 0.25) is 5.95 Å². The molecule has 23 heteroatoms. The van der Waals surface area contributed by atoms with E-state index in [1.165, 1.54) is 0 Å². The predicted octanol–water partition coefficient (Wildman–Crippen LogP) is -3.65. The van der Waals surface area contributed by atoms with Crippen molar-refractivity contribution >= 4 is 32.8 Å². The minimum Gasteiger partial charge on any atom is -0.387 e. The van der Waals surface area contributed by atoms with Gasteiger partial charge in [0.25, 0.3) is 5.56 Å². The van der Waals surface area contributed by atoms with E-state index in [0.29, 0.717) is 0 Å². The standard InChI is InChI=1S/C16H24FN5O15P2/c17-1-4-7(23)9(25)11(27)15(35-4)36-39(31,32)37-38(29,30)33-2-5-8(24)10(26)14(34-5)22-3-19-6-12(22)20-16(18)21-13(6)28/h3-5,7-11,14-15,23-27H,1-2H2,(H,29,30)(H,31,32)(H3,18,20,21,28)/t4-,5+,7+,8+,9+,10+,11-,14+,15+/m0/s1. The first-order chi connectivity index (χ1) is 18.1. The van der Waals surface area contributed by atoms with Gasteiger partial charge in [0.1, 0.15) is 49.4 Å². The smallest absolute Gasteiger partial charge is 0.387 e. The molecule has 0 amide bonds. The number of aliphatic hydroxyl groups excluding tert-OH is 5. The van der Waals surface area contributed by atoms with Crippen molar-refractivity contribution in [3.63, 3.8) is 0 Å². The molecule has 10 N–H and O–H groups in total. The molecule has 20 nitrogen and oxygen atoms in total. The summed E-state index contributed by atoms with van der Waals surface area (Å²) < 4.78 is 61.7. The van der Waals surface area contributed by atoms with Gasteiger partial charge in [-0.1, -0.05) is 0 Å². The first kappa shape index (κ1) is 30.0. The number of halogens is 1. The summed E-state index contributed by atoms with van der Waals surface area (Å²) in [6.07, 6.45) is -15.6. The molecule has 0 aliphatic carbocycles. The number of hydrogen-bond donors (Lipinski definition) is 9. The molecule has 0 bridgehead atoms. The van der Waals surface area contributed by atoms with Crippen LogP contribution in [0.15, 0.2) is 11.1 Å². The van der Waals surface area contributed by atoms with Gasteiger partial charge in [-0.15, -0.1) is 0 Å². The molecule has 2 aromatic heterocycles. The van der Waals surface area contributed by atoms with E-state index in [2.05, 4.69) is 28.3 Å². The first-order valence-electron chi connectivity index (χ1n) is 10.8. The van der Waals surface area contributed by atoms with Gasteiger partial charge in [-0.25, -0.2) is 18.5 Å². The average Bonchev–Trinajstić information content (AvgIpc) is 3.38. The number of aromatic amines is 1. The molecule has 0 saturated carbocycles. The van der Waals surface area contributed by atoms with Crippen molar-refractivity contribution in [3.05, 3.63) is 16.7 Å². The number of nitrogens with one attached hydrogen (secondary N) is 1. The van der Waals surface area contributed by atoms with E-state index in [1.807, 2.05) is 0 Å². The third kappa shape index (κ3) is 6.21.